The van der Waals surface area contributed by atoms with Crippen LogP contribution in [0, 0.1) is 5.92 Å². The van der Waals surface area contributed by atoms with Crippen LogP contribution in [0.25, 0.3) is 0 Å². The minimum Gasteiger partial charge on any atom is -0.497 e. The lowest BCUT2D eigenvalue weighted by atomic mass is 9.76. The largest absolute Gasteiger partial charge is 0.497 e. The first kappa shape index (κ1) is 20.6. The Kier molecular flexibility index (Phi) is 5.23. The normalized spacial score (nSPS) is 22.2. The van der Waals surface area contributed by atoms with Gasteiger partial charge in [-0.1, -0.05) is 36.9 Å². The number of likely N-dealkylation sites (tertiary alicyclic amines) is 1. The number of benzene rings is 2. The van der Waals surface area contributed by atoms with Crippen molar-refractivity contribution in [1.29, 1.82) is 0 Å². The molecule has 158 valence electrons. The van der Waals surface area contributed by atoms with E-state index in [1.807, 2.05) is 18.2 Å². The SMILES string of the molecule is C=C1C(=O)C=C2CN(C(=O)c3ccccc3)[C@@](Cc3ccc(OC)cc3)(C(=O)OC)[C@H]12. The van der Waals surface area contributed by atoms with Gasteiger partial charge >= 0.3 is 5.97 Å². The van der Waals surface area contributed by atoms with Gasteiger partial charge in [-0.05, 0) is 41.5 Å². The molecule has 2 aromatic carbocycles. The molecule has 0 bridgehead atoms. The van der Waals surface area contributed by atoms with Gasteiger partial charge in [-0.15, -0.1) is 0 Å². The van der Waals surface area contributed by atoms with E-state index in [2.05, 4.69) is 6.58 Å². The van der Waals surface area contributed by atoms with Gasteiger partial charge in [0.25, 0.3) is 5.91 Å². The third-order valence-electron chi connectivity index (χ3n) is 6.09. The van der Waals surface area contributed by atoms with Crippen LogP contribution in [0.2, 0.25) is 0 Å². The highest BCUT2D eigenvalue weighted by Gasteiger charge is 2.62. The van der Waals surface area contributed by atoms with Crippen molar-refractivity contribution in [2.24, 2.45) is 5.92 Å². The summed E-state index contributed by atoms with van der Waals surface area (Å²) in [5.41, 5.74) is 0.870. The summed E-state index contributed by atoms with van der Waals surface area (Å²) in [6.45, 7) is 4.12. The predicted octanol–water partition coefficient (Wildman–Crippen LogP) is 2.99. The van der Waals surface area contributed by atoms with E-state index >= 15 is 0 Å². The highest BCUT2D eigenvalue weighted by atomic mass is 16.5. The molecule has 1 heterocycles. The molecule has 0 aromatic heterocycles. The maximum absolute atomic E-state index is 13.5. The van der Waals surface area contributed by atoms with Crippen LogP contribution in [-0.4, -0.2) is 48.9 Å². The van der Waals surface area contributed by atoms with E-state index in [0.717, 1.165) is 5.56 Å². The van der Waals surface area contributed by atoms with Gasteiger partial charge in [-0.25, -0.2) is 4.79 Å². The lowest BCUT2D eigenvalue weighted by Gasteiger charge is -2.39. The molecule has 0 unspecified atom stereocenters. The van der Waals surface area contributed by atoms with Crippen molar-refractivity contribution < 1.29 is 23.9 Å². The molecule has 0 radical (unpaired) electrons. The Balaban J connectivity index is 1.86. The Labute approximate surface area is 180 Å². The van der Waals surface area contributed by atoms with Gasteiger partial charge in [0.05, 0.1) is 14.2 Å². The van der Waals surface area contributed by atoms with Crippen LogP contribution >= 0.6 is 0 Å². The van der Waals surface area contributed by atoms with E-state index in [9.17, 15) is 14.4 Å². The van der Waals surface area contributed by atoms with Crippen LogP contribution in [0.1, 0.15) is 15.9 Å². The summed E-state index contributed by atoms with van der Waals surface area (Å²) in [4.78, 5) is 40.9. The maximum atomic E-state index is 13.5. The Hall–Kier alpha value is -3.67. The van der Waals surface area contributed by atoms with Crippen molar-refractivity contribution in [2.45, 2.75) is 12.0 Å². The molecule has 2 atom stereocenters. The first-order chi connectivity index (χ1) is 14.9. The van der Waals surface area contributed by atoms with E-state index in [0.29, 0.717) is 22.5 Å². The Morgan fingerprint density at radius 3 is 2.39 bits per heavy atom. The second-order valence-corrected chi connectivity index (χ2v) is 7.74. The molecule has 0 saturated carbocycles. The predicted molar refractivity (Wildman–Crippen MR) is 115 cm³/mol. The molecule has 2 aliphatic rings. The molecule has 1 saturated heterocycles. The summed E-state index contributed by atoms with van der Waals surface area (Å²) >= 11 is 0. The van der Waals surface area contributed by atoms with Gasteiger partial charge in [0.2, 0.25) is 0 Å². The first-order valence-corrected chi connectivity index (χ1v) is 9.94. The minimum absolute atomic E-state index is 0.161. The summed E-state index contributed by atoms with van der Waals surface area (Å²) in [6, 6.07) is 16.1. The second-order valence-electron chi connectivity index (χ2n) is 7.74. The number of carbonyl (C=O) groups excluding carboxylic acids is 3. The number of methoxy groups -OCH3 is 2. The maximum Gasteiger partial charge on any atom is 0.333 e. The number of hydrogen-bond acceptors (Lipinski definition) is 5. The zero-order valence-corrected chi connectivity index (χ0v) is 17.5. The fourth-order valence-corrected chi connectivity index (χ4v) is 4.64. The lowest BCUT2D eigenvalue weighted by molar-refractivity contribution is -0.153. The molecule has 6 nitrogen and oxygen atoms in total. The summed E-state index contributed by atoms with van der Waals surface area (Å²) in [7, 11) is 2.87. The van der Waals surface area contributed by atoms with Crippen molar-refractivity contribution in [1.82, 2.24) is 4.90 Å². The number of ketones is 1. The Morgan fingerprint density at radius 1 is 1.10 bits per heavy atom. The van der Waals surface area contributed by atoms with Gasteiger partial charge in [-0.2, -0.15) is 0 Å². The molecule has 4 rings (SSSR count). The molecular formula is C25H23NO5. The van der Waals surface area contributed by atoms with Crippen LogP contribution in [0.3, 0.4) is 0 Å². The van der Waals surface area contributed by atoms with Crippen LogP contribution in [0.15, 0.2) is 78.4 Å². The van der Waals surface area contributed by atoms with Gasteiger partial charge < -0.3 is 14.4 Å². The molecule has 0 N–H and O–H groups in total. The molecule has 6 heteroatoms. The van der Waals surface area contributed by atoms with E-state index in [4.69, 9.17) is 9.47 Å². The number of amides is 1. The second kappa shape index (κ2) is 7.87. The quantitative estimate of drug-likeness (QED) is 0.552. The Bertz CT molecular complexity index is 1090. The molecule has 1 aliphatic heterocycles. The Morgan fingerprint density at radius 2 is 1.77 bits per heavy atom. The number of fused-ring (bicyclic) bond motifs is 1. The number of carbonyl (C=O) groups is 3. The third-order valence-corrected chi connectivity index (χ3v) is 6.09. The average molecular weight is 417 g/mol. The average Bonchev–Trinajstić information content (AvgIpc) is 3.27. The number of nitrogens with zero attached hydrogens (tertiary/aromatic N) is 1. The van der Waals surface area contributed by atoms with Crippen molar-refractivity contribution in [3.05, 3.63) is 89.5 Å². The molecular weight excluding hydrogens is 394 g/mol. The van der Waals surface area contributed by atoms with Crippen LogP contribution in [-0.2, 0) is 20.7 Å². The van der Waals surface area contributed by atoms with E-state index < -0.39 is 17.4 Å². The number of rotatable bonds is 5. The molecule has 2 aromatic rings. The topological polar surface area (TPSA) is 72.9 Å². The van der Waals surface area contributed by atoms with Crippen LogP contribution < -0.4 is 4.74 Å². The van der Waals surface area contributed by atoms with E-state index in [1.54, 1.807) is 43.5 Å². The summed E-state index contributed by atoms with van der Waals surface area (Å²) in [5.74, 6) is -1.02. The summed E-state index contributed by atoms with van der Waals surface area (Å²) in [5, 5.41) is 0. The number of allylic oxidation sites excluding steroid dienone is 1. The highest BCUT2D eigenvalue weighted by molar-refractivity contribution is 6.11. The standard InChI is InChI=1S/C25H23NO5/c1-16-21(27)13-19-15-26(23(28)18-7-5-4-6-8-18)25(22(16)19,24(29)31-3)14-17-9-11-20(30-2)12-10-17/h4-13,22H,1,14-15H2,2-3H3/t22-,25-/m1/s1. The monoisotopic (exact) mass is 417 g/mol. The third kappa shape index (κ3) is 3.24. The van der Waals surface area contributed by atoms with Gasteiger partial charge in [0.15, 0.2) is 11.3 Å². The van der Waals surface area contributed by atoms with Crippen molar-refractivity contribution in [3.63, 3.8) is 0 Å². The number of esters is 1. The highest BCUT2D eigenvalue weighted by Crippen LogP contribution is 2.49. The first-order valence-electron chi connectivity index (χ1n) is 9.94. The van der Waals surface area contributed by atoms with Gasteiger partial charge in [0, 0.05) is 30.0 Å². The van der Waals surface area contributed by atoms with Crippen molar-refractivity contribution in [3.8, 4) is 5.75 Å². The van der Waals surface area contributed by atoms with E-state index in [1.165, 1.54) is 18.1 Å². The molecule has 0 spiro atoms. The smallest absolute Gasteiger partial charge is 0.333 e. The molecule has 31 heavy (non-hydrogen) atoms. The zero-order valence-electron chi connectivity index (χ0n) is 17.5. The molecule has 1 fully saturated rings. The van der Waals surface area contributed by atoms with E-state index in [-0.39, 0.29) is 24.7 Å². The van der Waals surface area contributed by atoms with Gasteiger partial charge in [-0.3, -0.25) is 9.59 Å². The number of hydrogen-bond donors (Lipinski definition) is 0. The van der Waals surface area contributed by atoms with Crippen molar-refractivity contribution in [2.75, 3.05) is 20.8 Å². The molecule has 1 amide bonds. The fourth-order valence-electron chi connectivity index (χ4n) is 4.64. The molecule has 1 aliphatic carbocycles. The summed E-state index contributed by atoms with van der Waals surface area (Å²) < 4.78 is 10.5. The van der Waals surface area contributed by atoms with Gasteiger partial charge in [0.1, 0.15) is 5.75 Å². The van der Waals surface area contributed by atoms with Crippen molar-refractivity contribution >= 4 is 17.7 Å². The lowest BCUT2D eigenvalue weighted by Crippen LogP contribution is -2.59. The minimum atomic E-state index is -1.41. The number of ether oxygens (including phenoxy) is 2. The van der Waals surface area contributed by atoms with Crippen LogP contribution in [0.4, 0.5) is 0 Å². The van der Waals surface area contributed by atoms with Crippen LogP contribution in [0.5, 0.6) is 5.75 Å². The zero-order chi connectivity index (χ0) is 22.2. The summed E-state index contributed by atoms with van der Waals surface area (Å²) in [6.07, 6.45) is 1.67. The fraction of sp³-hybridized carbons (Fsp3) is 0.240.